The van der Waals surface area contributed by atoms with Crippen molar-refractivity contribution >= 4 is 32.4 Å². The normalized spacial score (nSPS) is 16.6. The fourth-order valence-corrected chi connectivity index (χ4v) is 6.72. The number of ether oxygens (including phenoxy) is 2. The maximum atomic E-state index is 13.2. The predicted octanol–water partition coefficient (Wildman–Crippen LogP) is 5.03. The second-order valence-corrected chi connectivity index (χ2v) is 11.0. The van der Waals surface area contributed by atoms with Gasteiger partial charge in [-0.25, -0.2) is 13.4 Å². The number of nitrogens with one attached hydrogen (secondary N) is 1. The SMILES string of the molecule is CCC1CCCCN1S(=O)(=O)c1ccc(C(=O)Nc2nc(-c3ccc(OC)cc3OC)cs2)cc1. The number of aromatic nitrogens is 1. The molecule has 1 aliphatic rings. The van der Waals surface area contributed by atoms with E-state index < -0.39 is 10.0 Å². The minimum Gasteiger partial charge on any atom is -0.497 e. The highest BCUT2D eigenvalue weighted by Crippen LogP contribution is 2.35. The Morgan fingerprint density at radius 1 is 1.14 bits per heavy atom. The van der Waals surface area contributed by atoms with E-state index in [1.807, 2.05) is 24.4 Å². The number of nitrogens with zero attached hydrogens (tertiary/aromatic N) is 2. The maximum absolute atomic E-state index is 13.2. The molecule has 35 heavy (non-hydrogen) atoms. The Kier molecular flexibility index (Phi) is 7.73. The molecule has 1 saturated heterocycles. The molecular formula is C25H29N3O5S2. The Morgan fingerprint density at radius 2 is 1.91 bits per heavy atom. The molecule has 1 N–H and O–H groups in total. The lowest BCUT2D eigenvalue weighted by Gasteiger charge is -2.34. The quantitative estimate of drug-likeness (QED) is 0.452. The van der Waals surface area contributed by atoms with E-state index >= 15 is 0 Å². The summed E-state index contributed by atoms with van der Waals surface area (Å²) in [6.45, 7) is 2.55. The second-order valence-electron chi connectivity index (χ2n) is 8.26. The average Bonchev–Trinajstić information content (AvgIpc) is 3.36. The summed E-state index contributed by atoms with van der Waals surface area (Å²) in [5, 5.41) is 5.05. The second kappa shape index (κ2) is 10.8. The maximum Gasteiger partial charge on any atom is 0.257 e. The summed E-state index contributed by atoms with van der Waals surface area (Å²) in [5.41, 5.74) is 1.80. The van der Waals surface area contributed by atoms with E-state index in [0.717, 1.165) is 31.2 Å². The third-order valence-corrected chi connectivity index (χ3v) is 8.90. The van der Waals surface area contributed by atoms with Gasteiger partial charge in [0.1, 0.15) is 11.5 Å². The molecule has 1 fully saturated rings. The van der Waals surface area contributed by atoms with Gasteiger partial charge < -0.3 is 9.47 Å². The van der Waals surface area contributed by atoms with Gasteiger partial charge in [0.15, 0.2) is 5.13 Å². The van der Waals surface area contributed by atoms with Gasteiger partial charge in [-0.3, -0.25) is 10.1 Å². The molecule has 0 aliphatic carbocycles. The van der Waals surface area contributed by atoms with Crippen molar-refractivity contribution in [3.8, 4) is 22.8 Å². The van der Waals surface area contributed by atoms with Gasteiger partial charge in [0, 0.05) is 35.2 Å². The van der Waals surface area contributed by atoms with Crippen LogP contribution >= 0.6 is 11.3 Å². The van der Waals surface area contributed by atoms with E-state index in [9.17, 15) is 13.2 Å². The Bertz CT molecular complexity index is 1290. The number of benzene rings is 2. The molecule has 0 radical (unpaired) electrons. The number of hydrogen-bond acceptors (Lipinski definition) is 7. The van der Waals surface area contributed by atoms with E-state index in [1.165, 1.54) is 35.6 Å². The molecule has 1 aliphatic heterocycles. The van der Waals surface area contributed by atoms with Crippen LogP contribution in [-0.2, 0) is 10.0 Å². The fraction of sp³-hybridized carbons (Fsp3) is 0.360. The average molecular weight is 516 g/mol. The number of amides is 1. The summed E-state index contributed by atoms with van der Waals surface area (Å²) in [6.07, 6.45) is 3.59. The van der Waals surface area contributed by atoms with Crippen molar-refractivity contribution in [1.29, 1.82) is 0 Å². The molecule has 0 saturated carbocycles. The van der Waals surface area contributed by atoms with Crippen molar-refractivity contribution in [2.75, 3.05) is 26.1 Å². The zero-order valence-corrected chi connectivity index (χ0v) is 21.6. The smallest absolute Gasteiger partial charge is 0.257 e. The zero-order valence-electron chi connectivity index (χ0n) is 20.0. The Balaban J connectivity index is 1.48. The number of piperidine rings is 1. The first-order valence-corrected chi connectivity index (χ1v) is 13.8. The van der Waals surface area contributed by atoms with Crippen molar-refractivity contribution in [3.63, 3.8) is 0 Å². The number of methoxy groups -OCH3 is 2. The van der Waals surface area contributed by atoms with Gasteiger partial charge >= 0.3 is 0 Å². The van der Waals surface area contributed by atoms with E-state index in [2.05, 4.69) is 10.3 Å². The monoisotopic (exact) mass is 515 g/mol. The Morgan fingerprint density at radius 3 is 2.60 bits per heavy atom. The molecule has 2 heterocycles. The van der Waals surface area contributed by atoms with Gasteiger partial charge in [-0.15, -0.1) is 11.3 Å². The minimum absolute atomic E-state index is 0.0279. The fourth-order valence-electron chi connectivity index (χ4n) is 4.25. The van der Waals surface area contributed by atoms with Crippen LogP contribution in [0.3, 0.4) is 0 Å². The van der Waals surface area contributed by atoms with Crippen LogP contribution in [0.2, 0.25) is 0 Å². The first-order chi connectivity index (χ1) is 16.9. The van der Waals surface area contributed by atoms with Crippen molar-refractivity contribution in [2.24, 2.45) is 0 Å². The molecule has 1 amide bonds. The summed E-state index contributed by atoms with van der Waals surface area (Å²) in [7, 11) is -0.433. The van der Waals surface area contributed by atoms with Crippen LogP contribution in [0.5, 0.6) is 11.5 Å². The highest BCUT2D eigenvalue weighted by molar-refractivity contribution is 7.89. The molecule has 4 rings (SSSR count). The molecule has 8 nitrogen and oxygen atoms in total. The highest BCUT2D eigenvalue weighted by Gasteiger charge is 2.32. The van der Waals surface area contributed by atoms with Gasteiger partial charge in [0.25, 0.3) is 5.91 Å². The van der Waals surface area contributed by atoms with E-state index in [1.54, 1.807) is 24.6 Å². The molecule has 3 aromatic rings. The van der Waals surface area contributed by atoms with Crippen LogP contribution in [0.25, 0.3) is 11.3 Å². The van der Waals surface area contributed by atoms with Gasteiger partial charge in [-0.2, -0.15) is 4.31 Å². The lowest BCUT2D eigenvalue weighted by molar-refractivity contribution is 0.102. The number of rotatable bonds is 8. The highest BCUT2D eigenvalue weighted by atomic mass is 32.2. The van der Waals surface area contributed by atoms with E-state index in [0.29, 0.717) is 34.4 Å². The van der Waals surface area contributed by atoms with Crippen LogP contribution in [0, 0.1) is 0 Å². The van der Waals surface area contributed by atoms with Gasteiger partial charge in [-0.05, 0) is 55.7 Å². The number of hydrogen-bond donors (Lipinski definition) is 1. The number of thiazole rings is 1. The molecule has 1 aromatic heterocycles. The Hall–Kier alpha value is -2.95. The molecule has 186 valence electrons. The van der Waals surface area contributed by atoms with Gasteiger partial charge in [0.05, 0.1) is 24.8 Å². The summed E-state index contributed by atoms with van der Waals surface area (Å²) < 4.78 is 38.6. The number of anilines is 1. The molecule has 1 unspecified atom stereocenters. The standard InChI is InChI=1S/C25H29N3O5S2/c1-4-18-7-5-6-14-28(18)35(30,31)20-11-8-17(9-12-20)24(29)27-25-26-22(16-34-25)21-13-10-19(32-2)15-23(21)33-3/h8-13,15-16,18H,4-7,14H2,1-3H3,(H,26,27,29). The van der Waals surface area contributed by atoms with Gasteiger partial charge in [-0.1, -0.05) is 13.3 Å². The largest absolute Gasteiger partial charge is 0.497 e. The molecule has 2 aromatic carbocycles. The lowest BCUT2D eigenvalue weighted by atomic mass is 10.0. The van der Waals surface area contributed by atoms with Crippen LogP contribution in [-0.4, -0.2) is 50.4 Å². The molecule has 1 atom stereocenters. The number of carbonyl (C=O) groups is 1. The predicted molar refractivity (Wildman–Crippen MR) is 137 cm³/mol. The third-order valence-electron chi connectivity index (χ3n) is 6.18. The van der Waals surface area contributed by atoms with E-state index in [4.69, 9.17) is 9.47 Å². The molecule has 10 heteroatoms. The first kappa shape index (κ1) is 25.2. The third kappa shape index (κ3) is 5.34. The topological polar surface area (TPSA) is 97.8 Å². The van der Waals surface area contributed by atoms with Crippen LogP contribution in [0.1, 0.15) is 43.0 Å². The molecule has 0 spiro atoms. The van der Waals surface area contributed by atoms with Gasteiger partial charge in [0.2, 0.25) is 10.0 Å². The summed E-state index contributed by atoms with van der Waals surface area (Å²) in [5.74, 6) is 0.926. The van der Waals surface area contributed by atoms with Crippen LogP contribution in [0.15, 0.2) is 52.7 Å². The van der Waals surface area contributed by atoms with E-state index in [-0.39, 0.29) is 16.8 Å². The zero-order chi connectivity index (χ0) is 25.0. The van der Waals surface area contributed by atoms with Crippen LogP contribution in [0.4, 0.5) is 5.13 Å². The summed E-state index contributed by atoms with van der Waals surface area (Å²) >= 11 is 1.29. The van der Waals surface area contributed by atoms with Crippen molar-refractivity contribution in [2.45, 2.75) is 43.5 Å². The number of sulfonamides is 1. The lowest BCUT2D eigenvalue weighted by Crippen LogP contribution is -2.43. The number of carbonyl (C=O) groups excluding carboxylic acids is 1. The van der Waals surface area contributed by atoms with Crippen molar-refractivity contribution < 1.29 is 22.7 Å². The minimum atomic E-state index is -3.59. The summed E-state index contributed by atoms with van der Waals surface area (Å²) in [6, 6.07) is 11.5. The first-order valence-electron chi connectivity index (χ1n) is 11.5. The Labute approximate surface area is 210 Å². The van der Waals surface area contributed by atoms with Crippen LogP contribution < -0.4 is 14.8 Å². The van der Waals surface area contributed by atoms with Crippen molar-refractivity contribution in [3.05, 3.63) is 53.4 Å². The molecular weight excluding hydrogens is 486 g/mol. The summed E-state index contributed by atoms with van der Waals surface area (Å²) in [4.78, 5) is 17.5. The molecule has 0 bridgehead atoms. The van der Waals surface area contributed by atoms with Crippen molar-refractivity contribution in [1.82, 2.24) is 9.29 Å².